The Bertz CT molecular complexity index is 538. The molecule has 102 valence electrons. The normalized spacial score (nSPS) is 23.7. The van der Waals surface area contributed by atoms with Gasteiger partial charge in [0.25, 0.3) is 0 Å². The van der Waals surface area contributed by atoms with Gasteiger partial charge in [-0.25, -0.2) is 0 Å². The molecule has 0 radical (unpaired) electrons. The molecule has 1 fully saturated rings. The maximum atomic E-state index is 10.0. The van der Waals surface area contributed by atoms with Gasteiger partial charge in [-0.3, -0.25) is 0 Å². The molecule has 0 spiro atoms. The van der Waals surface area contributed by atoms with Crippen LogP contribution in [0.5, 0.6) is 0 Å². The second-order valence-electron chi connectivity index (χ2n) is 4.85. The highest BCUT2D eigenvalue weighted by Crippen LogP contribution is 2.34. The summed E-state index contributed by atoms with van der Waals surface area (Å²) in [6.45, 7) is 0. The predicted molar refractivity (Wildman–Crippen MR) is 72.8 cm³/mol. The van der Waals surface area contributed by atoms with Gasteiger partial charge >= 0.3 is 0 Å². The summed E-state index contributed by atoms with van der Waals surface area (Å²) in [7, 11) is 1.93. The lowest BCUT2D eigenvalue weighted by Crippen LogP contribution is -2.27. The van der Waals surface area contributed by atoms with E-state index in [1.807, 2.05) is 23.7 Å². The number of hydrogen-bond acceptors (Lipinski definition) is 5. The molecule has 2 aromatic heterocycles. The van der Waals surface area contributed by atoms with Crippen LogP contribution < -0.4 is 0 Å². The molecule has 1 N–H and O–H groups in total. The van der Waals surface area contributed by atoms with E-state index in [2.05, 4.69) is 10.2 Å². The first-order valence-corrected chi connectivity index (χ1v) is 7.41. The van der Waals surface area contributed by atoms with Gasteiger partial charge in [-0.05, 0) is 25.0 Å². The Morgan fingerprint density at radius 1 is 1.37 bits per heavy atom. The smallest absolute Gasteiger partial charge is 0.200 e. The second-order valence-corrected chi connectivity index (χ2v) is 6.06. The average Bonchev–Trinajstić information content (AvgIpc) is 3.03. The Hall–Kier alpha value is -1.27. The molecule has 0 aliphatic heterocycles. The number of aliphatic hydroxyl groups is 1. The minimum absolute atomic E-state index is 0.223. The summed E-state index contributed by atoms with van der Waals surface area (Å²) in [5.74, 6) is 1.43. The lowest BCUT2D eigenvalue weighted by Gasteiger charge is -2.26. The van der Waals surface area contributed by atoms with Crippen molar-refractivity contribution >= 4 is 11.8 Å². The van der Waals surface area contributed by atoms with Crippen LogP contribution >= 0.6 is 11.8 Å². The van der Waals surface area contributed by atoms with E-state index in [4.69, 9.17) is 4.42 Å². The van der Waals surface area contributed by atoms with Gasteiger partial charge in [-0.15, -0.1) is 10.2 Å². The number of thioether (sulfide) groups is 1. The van der Waals surface area contributed by atoms with Gasteiger partial charge in [0.1, 0.15) is 0 Å². The molecule has 2 aromatic rings. The molecular formula is C13H17N3O2S. The zero-order chi connectivity index (χ0) is 13.2. The van der Waals surface area contributed by atoms with Gasteiger partial charge in [-0.1, -0.05) is 24.6 Å². The maximum Gasteiger partial charge on any atom is 0.200 e. The SMILES string of the molecule is Cn1c(SC2CCCCC2O)nnc1-c1ccco1. The van der Waals surface area contributed by atoms with Crippen LogP contribution in [0.2, 0.25) is 0 Å². The van der Waals surface area contributed by atoms with Crippen molar-refractivity contribution in [1.29, 1.82) is 0 Å². The zero-order valence-corrected chi connectivity index (χ0v) is 11.6. The molecule has 0 bridgehead atoms. The summed E-state index contributed by atoms with van der Waals surface area (Å²) in [4.78, 5) is 0. The van der Waals surface area contributed by atoms with Crippen molar-refractivity contribution in [3.63, 3.8) is 0 Å². The van der Waals surface area contributed by atoms with Crippen molar-refractivity contribution in [1.82, 2.24) is 14.8 Å². The Morgan fingerprint density at radius 3 is 2.95 bits per heavy atom. The molecule has 1 aliphatic rings. The van der Waals surface area contributed by atoms with E-state index in [-0.39, 0.29) is 11.4 Å². The zero-order valence-electron chi connectivity index (χ0n) is 10.8. The number of nitrogens with zero attached hydrogens (tertiary/aromatic N) is 3. The van der Waals surface area contributed by atoms with E-state index in [0.29, 0.717) is 5.76 Å². The van der Waals surface area contributed by atoms with Crippen LogP contribution in [0.15, 0.2) is 28.0 Å². The molecule has 2 atom stereocenters. The minimum atomic E-state index is -0.234. The molecule has 0 saturated heterocycles. The summed E-state index contributed by atoms with van der Waals surface area (Å²) < 4.78 is 7.26. The van der Waals surface area contributed by atoms with Crippen LogP contribution in [0.25, 0.3) is 11.6 Å². The quantitative estimate of drug-likeness (QED) is 0.935. The summed E-state index contributed by atoms with van der Waals surface area (Å²) in [6, 6.07) is 3.70. The lowest BCUT2D eigenvalue weighted by molar-refractivity contribution is 0.137. The topological polar surface area (TPSA) is 64.1 Å². The third-order valence-electron chi connectivity index (χ3n) is 3.50. The van der Waals surface area contributed by atoms with Gasteiger partial charge in [0.15, 0.2) is 16.7 Å². The number of aromatic nitrogens is 3. The van der Waals surface area contributed by atoms with Gasteiger partial charge in [-0.2, -0.15) is 0 Å². The third kappa shape index (κ3) is 2.55. The van der Waals surface area contributed by atoms with Gasteiger partial charge < -0.3 is 14.1 Å². The maximum absolute atomic E-state index is 10.0. The molecule has 2 heterocycles. The van der Waals surface area contributed by atoms with Crippen molar-refractivity contribution in [2.45, 2.75) is 42.2 Å². The van der Waals surface area contributed by atoms with Crippen LogP contribution in [-0.4, -0.2) is 31.2 Å². The molecule has 19 heavy (non-hydrogen) atoms. The Kier molecular flexibility index (Phi) is 3.61. The average molecular weight is 279 g/mol. The first-order chi connectivity index (χ1) is 9.25. The Morgan fingerprint density at radius 2 is 2.21 bits per heavy atom. The standard InChI is InChI=1S/C13H17N3O2S/c1-16-12(10-6-4-8-18-10)14-15-13(16)19-11-7-3-2-5-9(11)17/h4,6,8-9,11,17H,2-3,5,7H2,1H3. The van der Waals surface area contributed by atoms with Gasteiger partial charge in [0, 0.05) is 12.3 Å². The molecule has 6 heteroatoms. The number of aliphatic hydroxyl groups excluding tert-OH is 1. The minimum Gasteiger partial charge on any atom is -0.461 e. The summed E-state index contributed by atoms with van der Waals surface area (Å²) >= 11 is 1.62. The highest BCUT2D eigenvalue weighted by atomic mass is 32.2. The van der Waals surface area contributed by atoms with Crippen LogP contribution in [0, 0.1) is 0 Å². The molecule has 3 rings (SSSR count). The highest BCUT2D eigenvalue weighted by molar-refractivity contribution is 7.99. The third-order valence-corrected chi connectivity index (χ3v) is 4.92. The van der Waals surface area contributed by atoms with E-state index in [0.717, 1.165) is 30.2 Å². The molecule has 2 unspecified atom stereocenters. The number of hydrogen-bond donors (Lipinski definition) is 1. The van der Waals surface area contributed by atoms with E-state index in [1.165, 1.54) is 6.42 Å². The van der Waals surface area contributed by atoms with Crippen molar-refractivity contribution in [2.24, 2.45) is 7.05 Å². The summed E-state index contributed by atoms with van der Waals surface area (Å²) in [6.07, 6.45) is 5.62. The Labute approximate surface area is 116 Å². The fraction of sp³-hybridized carbons (Fsp3) is 0.538. The molecule has 5 nitrogen and oxygen atoms in total. The van der Waals surface area contributed by atoms with Crippen LogP contribution in [0.3, 0.4) is 0 Å². The molecule has 0 amide bonds. The van der Waals surface area contributed by atoms with Gasteiger partial charge in [0.05, 0.1) is 12.4 Å². The molecule has 1 saturated carbocycles. The first-order valence-electron chi connectivity index (χ1n) is 6.53. The first kappa shape index (κ1) is 12.7. The van der Waals surface area contributed by atoms with Crippen molar-refractivity contribution in [3.05, 3.63) is 18.4 Å². The predicted octanol–water partition coefficient (Wildman–Crippen LogP) is 2.47. The van der Waals surface area contributed by atoms with Crippen molar-refractivity contribution in [3.8, 4) is 11.6 Å². The lowest BCUT2D eigenvalue weighted by atomic mass is 9.97. The summed E-state index contributed by atoms with van der Waals surface area (Å²) in [5, 5.41) is 19.4. The fourth-order valence-electron chi connectivity index (χ4n) is 2.39. The monoisotopic (exact) mass is 279 g/mol. The second kappa shape index (κ2) is 5.38. The van der Waals surface area contributed by atoms with Crippen molar-refractivity contribution in [2.75, 3.05) is 0 Å². The molecular weight excluding hydrogens is 262 g/mol. The fourth-order valence-corrected chi connectivity index (χ4v) is 3.57. The van der Waals surface area contributed by atoms with E-state index in [1.54, 1.807) is 18.0 Å². The Balaban J connectivity index is 1.79. The van der Waals surface area contributed by atoms with Crippen LogP contribution in [0.4, 0.5) is 0 Å². The van der Waals surface area contributed by atoms with E-state index < -0.39 is 0 Å². The largest absolute Gasteiger partial charge is 0.461 e. The van der Waals surface area contributed by atoms with Crippen molar-refractivity contribution < 1.29 is 9.52 Å². The van der Waals surface area contributed by atoms with Crippen LogP contribution in [-0.2, 0) is 7.05 Å². The van der Waals surface area contributed by atoms with E-state index in [9.17, 15) is 5.11 Å². The van der Waals surface area contributed by atoms with E-state index >= 15 is 0 Å². The molecule has 1 aliphatic carbocycles. The molecule has 0 aromatic carbocycles. The number of rotatable bonds is 3. The highest BCUT2D eigenvalue weighted by Gasteiger charge is 2.26. The summed E-state index contributed by atoms with van der Waals surface area (Å²) in [5.41, 5.74) is 0. The van der Waals surface area contributed by atoms with Crippen LogP contribution in [0.1, 0.15) is 25.7 Å². The van der Waals surface area contributed by atoms with Gasteiger partial charge in [0.2, 0.25) is 0 Å². The number of furan rings is 1.